The number of fused-ring (bicyclic) bond motifs is 1. The van der Waals surface area contributed by atoms with Crippen molar-refractivity contribution >= 4 is 5.65 Å². The van der Waals surface area contributed by atoms with Gasteiger partial charge < -0.3 is 5.11 Å². The van der Waals surface area contributed by atoms with E-state index in [1.165, 1.54) is 0 Å². The maximum Gasteiger partial charge on any atom is 0.182 e. The second-order valence-electron chi connectivity index (χ2n) is 2.99. The molecule has 5 heteroatoms. The van der Waals surface area contributed by atoms with Gasteiger partial charge in [-0.2, -0.15) is 0 Å². The molecule has 2 aromatic heterocycles. The van der Waals surface area contributed by atoms with Crippen LogP contribution >= 0.6 is 0 Å². The summed E-state index contributed by atoms with van der Waals surface area (Å²) in [5.74, 6) is 0. The highest BCUT2D eigenvalue weighted by atomic mass is 16.3. The molecule has 68 valence electrons. The minimum absolute atomic E-state index is 0.407. The molecule has 0 radical (unpaired) electrons. The second-order valence-corrected chi connectivity index (χ2v) is 2.99. The summed E-state index contributed by atoms with van der Waals surface area (Å²) in [4.78, 5) is 4.14. The van der Waals surface area contributed by atoms with Gasteiger partial charge in [-0.1, -0.05) is 0 Å². The van der Waals surface area contributed by atoms with Crippen molar-refractivity contribution < 1.29 is 5.11 Å². The van der Waals surface area contributed by atoms with E-state index in [0.717, 1.165) is 5.69 Å². The van der Waals surface area contributed by atoms with Crippen LogP contribution in [0.25, 0.3) is 5.65 Å². The highest BCUT2D eigenvalue weighted by Gasteiger charge is 2.06. The maximum atomic E-state index is 9.21. The van der Waals surface area contributed by atoms with Gasteiger partial charge in [0, 0.05) is 18.8 Å². The highest BCUT2D eigenvalue weighted by molar-refractivity contribution is 5.41. The van der Waals surface area contributed by atoms with Crippen LogP contribution in [0.15, 0.2) is 18.7 Å². The van der Waals surface area contributed by atoms with E-state index in [9.17, 15) is 5.11 Å². The monoisotopic (exact) mass is 178 g/mol. The molecule has 0 aliphatic heterocycles. The summed E-state index contributed by atoms with van der Waals surface area (Å²) < 4.78 is 1.78. The first-order valence-electron chi connectivity index (χ1n) is 4.08. The van der Waals surface area contributed by atoms with Crippen molar-refractivity contribution in [1.29, 1.82) is 0 Å². The van der Waals surface area contributed by atoms with E-state index in [2.05, 4.69) is 15.2 Å². The van der Waals surface area contributed by atoms with E-state index >= 15 is 0 Å². The van der Waals surface area contributed by atoms with Crippen LogP contribution in [0.3, 0.4) is 0 Å². The summed E-state index contributed by atoms with van der Waals surface area (Å²) in [6, 6.07) is 0. The Morgan fingerprint density at radius 1 is 1.62 bits per heavy atom. The Balaban J connectivity index is 2.48. The van der Waals surface area contributed by atoms with Crippen LogP contribution < -0.4 is 0 Å². The van der Waals surface area contributed by atoms with Crippen LogP contribution in [0.5, 0.6) is 0 Å². The average Bonchev–Trinajstić information content (AvgIpc) is 2.51. The lowest BCUT2D eigenvalue weighted by atomic mass is 10.2. The molecule has 0 bridgehead atoms. The SMILES string of the molecule is CC(O)Cc1nccn2cnnc12. The third kappa shape index (κ3) is 1.50. The standard InChI is InChI=1S/C8H10N4O/c1-6(13)4-7-8-11-10-5-12(8)3-2-9-7/h2-3,5-6,13H,4H2,1H3. The number of hydrogen-bond donors (Lipinski definition) is 1. The van der Waals surface area contributed by atoms with Crippen LogP contribution in [0, 0.1) is 0 Å². The summed E-state index contributed by atoms with van der Waals surface area (Å²) >= 11 is 0. The molecule has 1 unspecified atom stereocenters. The first-order chi connectivity index (χ1) is 6.27. The third-order valence-electron chi connectivity index (χ3n) is 1.78. The molecule has 2 heterocycles. The predicted molar refractivity (Wildman–Crippen MR) is 46.2 cm³/mol. The van der Waals surface area contributed by atoms with Crippen molar-refractivity contribution in [2.24, 2.45) is 0 Å². The van der Waals surface area contributed by atoms with Gasteiger partial charge in [0.05, 0.1) is 11.8 Å². The fourth-order valence-electron chi connectivity index (χ4n) is 1.23. The number of aliphatic hydroxyl groups is 1. The lowest BCUT2D eigenvalue weighted by molar-refractivity contribution is 0.194. The smallest absolute Gasteiger partial charge is 0.182 e. The number of hydrogen-bond acceptors (Lipinski definition) is 4. The number of aromatic nitrogens is 4. The van der Waals surface area contributed by atoms with E-state index in [1.54, 1.807) is 30.0 Å². The minimum atomic E-state index is -0.407. The second kappa shape index (κ2) is 3.10. The van der Waals surface area contributed by atoms with Crippen LogP contribution in [0.4, 0.5) is 0 Å². The quantitative estimate of drug-likeness (QED) is 0.705. The first-order valence-corrected chi connectivity index (χ1v) is 4.08. The van der Waals surface area contributed by atoms with Gasteiger partial charge in [-0.3, -0.25) is 9.38 Å². The van der Waals surface area contributed by atoms with Gasteiger partial charge in [0.2, 0.25) is 0 Å². The Labute approximate surface area is 75.1 Å². The topological polar surface area (TPSA) is 63.3 Å². The fourth-order valence-corrected chi connectivity index (χ4v) is 1.23. The molecule has 2 aromatic rings. The number of aliphatic hydroxyl groups excluding tert-OH is 1. The fraction of sp³-hybridized carbons (Fsp3) is 0.375. The summed E-state index contributed by atoms with van der Waals surface area (Å²) in [7, 11) is 0. The summed E-state index contributed by atoms with van der Waals surface area (Å²) in [6.45, 7) is 1.72. The Kier molecular flexibility index (Phi) is 1.94. The van der Waals surface area contributed by atoms with Crippen LogP contribution in [-0.2, 0) is 6.42 Å². The lowest BCUT2D eigenvalue weighted by Gasteiger charge is -2.03. The molecule has 0 saturated heterocycles. The minimum Gasteiger partial charge on any atom is -0.393 e. The van der Waals surface area contributed by atoms with Crippen molar-refractivity contribution in [3.05, 3.63) is 24.4 Å². The van der Waals surface area contributed by atoms with Crippen molar-refractivity contribution in [3.63, 3.8) is 0 Å². The molecule has 5 nitrogen and oxygen atoms in total. The van der Waals surface area contributed by atoms with Crippen molar-refractivity contribution in [2.45, 2.75) is 19.4 Å². The van der Waals surface area contributed by atoms with E-state index in [4.69, 9.17) is 0 Å². The van der Waals surface area contributed by atoms with Gasteiger partial charge in [-0.25, -0.2) is 0 Å². The molecule has 1 N–H and O–H groups in total. The molecular formula is C8H10N4O. The van der Waals surface area contributed by atoms with Crippen LogP contribution in [-0.4, -0.2) is 30.8 Å². The molecule has 1 atom stereocenters. The average molecular weight is 178 g/mol. The number of rotatable bonds is 2. The van der Waals surface area contributed by atoms with Gasteiger partial charge in [0.1, 0.15) is 6.33 Å². The van der Waals surface area contributed by atoms with E-state index in [-0.39, 0.29) is 0 Å². The predicted octanol–water partition coefficient (Wildman–Crippen LogP) is 0.0476. The normalized spacial score (nSPS) is 13.4. The molecule has 0 amide bonds. The molecular weight excluding hydrogens is 168 g/mol. The largest absolute Gasteiger partial charge is 0.393 e. The molecule has 0 fully saturated rings. The van der Waals surface area contributed by atoms with Crippen molar-refractivity contribution in [1.82, 2.24) is 19.6 Å². The zero-order chi connectivity index (χ0) is 9.26. The highest BCUT2D eigenvalue weighted by Crippen LogP contribution is 2.06. The lowest BCUT2D eigenvalue weighted by Crippen LogP contribution is -2.07. The molecule has 13 heavy (non-hydrogen) atoms. The van der Waals surface area contributed by atoms with Gasteiger partial charge in [0.15, 0.2) is 5.65 Å². The first kappa shape index (κ1) is 8.12. The molecule has 0 aromatic carbocycles. The van der Waals surface area contributed by atoms with E-state index in [0.29, 0.717) is 12.1 Å². The molecule has 0 aliphatic carbocycles. The van der Waals surface area contributed by atoms with Gasteiger partial charge in [-0.15, -0.1) is 10.2 Å². The van der Waals surface area contributed by atoms with E-state index in [1.807, 2.05) is 0 Å². The Morgan fingerprint density at radius 3 is 3.23 bits per heavy atom. The Morgan fingerprint density at radius 2 is 2.46 bits per heavy atom. The van der Waals surface area contributed by atoms with Gasteiger partial charge in [0.25, 0.3) is 0 Å². The summed E-state index contributed by atoms with van der Waals surface area (Å²) in [6.07, 6.45) is 5.16. The molecule has 0 aliphatic rings. The zero-order valence-electron chi connectivity index (χ0n) is 7.25. The maximum absolute atomic E-state index is 9.21. The van der Waals surface area contributed by atoms with Crippen LogP contribution in [0.2, 0.25) is 0 Å². The third-order valence-corrected chi connectivity index (χ3v) is 1.78. The van der Waals surface area contributed by atoms with Gasteiger partial charge >= 0.3 is 0 Å². The van der Waals surface area contributed by atoms with Crippen molar-refractivity contribution in [3.8, 4) is 0 Å². The number of nitrogens with zero attached hydrogens (tertiary/aromatic N) is 4. The van der Waals surface area contributed by atoms with E-state index < -0.39 is 6.10 Å². The Hall–Kier alpha value is -1.49. The molecule has 2 rings (SSSR count). The summed E-state index contributed by atoms with van der Waals surface area (Å²) in [5.41, 5.74) is 1.48. The van der Waals surface area contributed by atoms with Crippen molar-refractivity contribution in [2.75, 3.05) is 0 Å². The van der Waals surface area contributed by atoms with Crippen LogP contribution in [0.1, 0.15) is 12.6 Å². The Bertz CT molecular complexity index is 409. The molecule has 0 spiro atoms. The zero-order valence-corrected chi connectivity index (χ0v) is 7.25. The van der Waals surface area contributed by atoms with Gasteiger partial charge in [-0.05, 0) is 6.92 Å². The molecule has 0 saturated carbocycles. The summed E-state index contributed by atoms with van der Waals surface area (Å²) in [5, 5.41) is 16.9.